The molecule has 2 heteroatoms. The molecule has 0 saturated heterocycles. The fraction of sp³-hybridized carbons (Fsp3) is 0.542. The summed E-state index contributed by atoms with van der Waals surface area (Å²) in [6.07, 6.45) is 30.6. The summed E-state index contributed by atoms with van der Waals surface area (Å²) in [6.45, 7) is 9.28. The van der Waals surface area contributed by atoms with E-state index in [1.807, 2.05) is 23.5 Å². The first kappa shape index (κ1) is 39.1. The molecular formula is C48H66S2. The molecule has 0 spiro atoms. The van der Waals surface area contributed by atoms with Crippen LogP contribution in [0.3, 0.4) is 0 Å². The van der Waals surface area contributed by atoms with E-state index in [0.29, 0.717) is 0 Å². The Labute approximate surface area is 314 Å². The van der Waals surface area contributed by atoms with E-state index in [1.165, 1.54) is 181 Å². The zero-order chi connectivity index (χ0) is 35.3. The number of fused-ring (bicyclic) bond motifs is 4. The molecule has 0 aliphatic heterocycles. The van der Waals surface area contributed by atoms with Crippen molar-refractivity contribution >= 4 is 66.6 Å². The zero-order valence-corrected chi connectivity index (χ0v) is 34.2. The van der Waals surface area contributed by atoms with Gasteiger partial charge in [0.25, 0.3) is 0 Å². The molecule has 0 aromatic heterocycles. The number of hydrogen-bond donors (Lipinski definition) is 0. The highest BCUT2D eigenvalue weighted by Crippen LogP contribution is 2.45. The normalized spacial score (nSPS) is 12.0. The SMILES string of the molecule is CCCCCCc1cc2cc3c(SC)c4cc5cc(CCCCCC)c(CCCCCC)cc5cc4c(SC)c3cc2cc1CCCCCC. The summed E-state index contributed by atoms with van der Waals surface area (Å²) in [5, 5.41) is 11.4. The molecule has 50 heavy (non-hydrogen) atoms. The maximum absolute atomic E-state index is 2.58. The Morgan fingerprint density at radius 1 is 0.320 bits per heavy atom. The van der Waals surface area contributed by atoms with Crippen molar-refractivity contribution in [3.63, 3.8) is 0 Å². The Kier molecular flexibility index (Phi) is 15.8. The summed E-state index contributed by atoms with van der Waals surface area (Å²) in [5.74, 6) is 0. The second-order valence-electron chi connectivity index (χ2n) is 15.0. The van der Waals surface area contributed by atoms with Crippen LogP contribution < -0.4 is 0 Å². The van der Waals surface area contributed by atoms with Crippen LogP contribution in [0.2, 0.25) is 0 Å². The van der Waals surface area contributed by atoms with E-state index in [9.17, 15) is 0 Å². The standard InChI is InChI=1S/C48H66S2/c1-7-11-15-19-23-35-27-39-31-43-44(32-40(39)28-36(35)24-20-16-12-8-2)48(50-6)46-34-42-30-38(26-22-18-14-10-4)37(25-21-17-13-9-3)29-41(42)33-45(46)47(43)49-5/h27-34H,7-26H2,1-6H3. The Morgan fingerprint density at radius 2 is 0.560 bits per heavy atom. The highest BCUT2D eigenvalue weighted by atomic mass is 32.2. The summed E-state index contributed by atoms with van der Waals surface area (Å²) in [7, 11) is 0. The monoisotopic (exact) mass is 706 g/mol. The highest BCUT2D eigenvalue weighted by Gasteiger charge is 2.17. The molecule has 0 radical (unpaired) electrons. The van der Waals surface area contributed by atoms with E-state index < -0.39 is 0 Å². The minimum Gasteiger partial charge on any atom is -0.128 e. The largest absolute Gasteiger partial charge is 0.128 e. The third-order valence-electron chi connectivity index (χ3n) is 11.2. The fourth-order valence-electron chi connectivity index (χ4n) is 8.27. The van der Waals surface area contributed by atoms with Gasteiger partial charge in [-0.05, 0) is 153 Å². The van der Waals surface area contributed by atoms with Crippen molar-refractivity contribution in [2.24, 2.45) is 0 Å². The van der Waals surface area contributed by atoms with Crippen molar-refractivity contribution in [2.75, 3.05) is 12.5 Å². The third kappa shape index (κ3) is 9.63. The molecular weight excluding hydrogens is 641 g/mol. The van der Waals surface area contributed by atoms with Crippen LogP contribution in [0.5, 0.6) is 0 Å². The van der Waals surface area contributed by atoms with Crippen molar-refractivity contribution in [3.05, 3.63) is 70.8 Å². The van der Waals surface area contributed by atoms with Gasteiger partial charge in [0.05, 0.1) is 0 Å². The van der Waals surface area contributed by atoms with Crippen molar-refractivity contribution in [2.45, 2.75) is 166 Å². The number of unbranched alkanes of at least 4 members (excludes halogenated alkanes) is 12. The van der Waals surface area contributed by atoms with Gasteiger partial charge in [-0.3, -0.25) is 0 Å². The van der Waals surface area contributed by atoms with E-state index in [0.717, 1.165) is 0 Å². The summed E-state index contributed by atoms with van der Waals surface area (Å²) in [5.41, 5.74) is 6.40. The maximum Gasteiger partial charge on any atom is 0.0227 e. The van der Waals surface area contributed by atoms with E-state index in [1.54, 1.807) is 22.3 Å². The van der Waals surface area contributed by atoms with E-state index in [-0.39, 0.29) is 0 Å². The quantitative estimate of drug-likeness (QED) is 0.0399. The van der Waals surface area contributed by atoms with Crippen LogP contribution in [0.1, 0.15) is 153 Å². The van der Waals surface area contributed by atoms with Gasteiger partial charge in [-0.1, -0.05) is 129 Å². The topological polar surface area (TPSA) is 0 Å². The van der Waals surface area contributed by atoms with Gasteiger partial charge in [0, 0.05) is 9.79 Å². The number of aryl methyl sites for hydroxylation is 4. The third-order valence-corrected chi connectivity index (χ3v) is 12.9. The maximum atomic E-state index is 2.58. The predicted molar refractivity (Wildman–Crippen MR) is 231 cm³/mol. The van der Waals surface area contributed by atoms with E-state index in [2.05, 4.69) is 88.7 Å². The molecule has 0 bridgehead atoms. The van der Waals surface area contributed by atoms with Crippen molar-refractivity contribution in [1.82, 2.24) is 0 Å². The highest BCUT2D eigenvalue weighted by molar-refractivity contribution is 7.99. The molecule has 0 fully saturated rings. The van der Waals surface area contributed by atoms with Crippen LogP contribution in [0.4, 0.5) is 0 Å². The molecule has 0 aliphatic rings. The van der Waals surface area contributed by atoms with Crippen LogP contribution in [-0.4, -0.2) is 12.5 Å². The summed E-state index contributed by atoms with van der Waals surface area (Å²) >= 11 is 3.88. The number of thioether (sulfide) groups is 2. The molecule has 5 rings (SSSR count). The Morgan fingerprint density at radius 3 is 0.760 bits per heavy atom. The minimum atomic E-state index is 1.22. The second-order valence-corrected chi connectivity index (χ2v) is 16.7. The van der Waals surface area contributed by atoms with Gasteiger partial charge in [-0.2, -0.15) is 0 Å². The zero-order valence-electron chi connectivity index (χ0n) is 32.6. The van der Waals surface area contributed by atoms with Gasteiger partial charge in [0.1, 0.15) is 0 Å². The summed E-state index contributed by atoms with van der Waals surface area (Å²) in [6, 6.07) is 20.5. The molecule has 0 amide bonds. The molecule has 0 N–H and O–H groups in total. The smallest absolute Gasteiger partial charge is 0.0227 e. The number of benzene rings is 5. The van der Waals surface area contributed by atoms with E-state index in [4.69, 9.17) is 0 Å². The molecule has 5 aromatic carbocycles. The Balaban J connectivity index is 1.65. The van der Waals surface area contributed by atoms with Crippen LogP contribution in [0, 0.1) is 0 Å². The van der Waals surface area contributed by atoms with Gasteiger partial charge < -0.3 is 0 Å². The lowest BCUT2D eigenvalue weighted by molar-refractivity contribution is 0.651. The summed E-state index contributed by atoms with van der Waals surface area (Å²) < 4.78 is 0. The van der Waals surface area contributed by atoms with Crippen LogP contribution >= 0.6 is 23.5 Å². The van der Waals surface area contributed by atoms with Gasteiger partial charge in [0.2, 0.25) is 0 Å². The molecule has 270 valence electrons. The lowest BCUT2D eigenvalue weighted by Crippen LogP contribution is -1.98. The van der Waals surface area contributed by atoms with Gasteiger partial charge in [-0.25, -0.2) is 0 Å². The molecule has 0 unspecified atom stereocenters. The van der Waals surface area contributed by atoms with Crippen LogP contribution in [0.15, 0.2) is 58.3 Å². The van der Waals surface area contributed by atoms with Gasteiger partial charge in [-0.15, -0.1) is 23.5 Å². The first-order valence-corrected chi connectivity index (χ1v) is 23.0. The minimum absolute atomic E-state index is 1.22. The van der Waals surface area contributed by atoms with Crippen molar-refractivity contribution in [1.29, 1.82) is 0 Å². The molecule has 0 atom stereocenters. The van der Waals surface area contributed by atoms with Crippen molar-refractivity contribution in [3.8, 4) is 0 Å². The fourth-order valence-corrected chi connectivity index (χ4v) is 9.82. The lowest BCUT2D eigenvalue weighted by Gasteiger charge is -2.19. The molecule has 0 aliphatic carbocycles. The molecule has 5 aromatic rings. The molecule has 0 heterocycles. The van der Waals surface area contributed by atoms with Crippen LogP contribution in [0.25, 0.3) is 43.1 Å². The average Bonchev–Trinajstić information content (AvgIpc) is 3.13. The van der Waals surface area contributed by atoms with Gasteiger partial charge in [0.15, 0.2) is 0 Å². The van der Waals surface area contributed by atoms with E-state index >= 15 is 0 Å². The van der Waals surface area contributed by atoms with Crippen molar-refractivity contribution < 1.29 is 0 Å². The lowest BCUT2D eigenvalue weighted by atomic mass is 9.90. The first-order chi connectivity index (χ1) is 24.6. The average molecular weight is 707 g/mol. The second kappa shape index (κ2) is 20.2. The Bertz CT molecular complexity index is 1570. The number of rotatable bonds is 22. The first-order valence-electron chi connectivity index (χ1n) is 20.6. The van der Waals surface area contributed by atoms with Crippen LogP contribution in [-0.2, 0) is 25.7 Å². The molecule has 0 nitrogen and oxygen atoms in total. The van der Waals surface area contributed by atoms with Gasteiger partial charge >= 0.3 is 0 Å². The molecule has 0 saturated carbocycles. The predicted octanol–water partition coefficient (Wildman–Crippen LogP) is 16.2. The Hall–Kier alpha value is -2.16. The number of hydrogen-bond acceptors (Lipinski definition) is 2. The summed E-state index contributed by atoms with van der Waals surface area (Å²) in [4.78, 5) is 2.88.